The summed E-state index contributed by atoms with van der Waals surface area (Å²) in [5.41, 5.74) is 0.574. The van der Waals surface area contributed by atoms with E-state index >= 15 is 0 Å². The van der Waals surface area contributed by atoms with E-state index in [4.69, 9.17) is 18.9 Å². The lowest BCUT2D eigenvalue weighted by molar-refractivity contribution is -0.137. The van der Waals surface area contributed by atoms with Crippen LogP contribution in [-0.4, -0.2) is 39.5 Å². The molecule has 0 heterocycles. The zero-order valence-electron chi connectivity index (χ0n) is 21.0. The van der Waals surface area contributed by atoms with E-state index in [2.05, 4.69) is 0 Å². The highest BCUT2D eigenvalue weighted by Crippen LogP contribution is 2.39. The molecule has 0 saturated heterocycles. The molecule has 1 fully saturated rings. The molecule has 6 heteroatoms. The van der Waals surface area contributed by atoms with Crippen LogP contribution in [0.15, 0.2) is 48.6 Å². The van der Waals surface area contributed by atoms with Crippen molar-refractivity contribution >= 4 is 23.7 Å². The van der Waals surface area contributed by atoms with Crippen molar-refractivity contribution in [2.45, 2.75) is 39.0 Å². The highest BCUT2D eigenvalue weighted by molar-refractivity contribution is 6.17. The molecule has 0 atom stereocenters. The fraction of sp³-hybridized carbons (Fsp3) is 0.379. The van der Waals surface area contributed by atoms with E-state index in [1.165, 1.54) is 12.2 Å². The van der Waals surface area contributed by atoms with Gasteiger partial charge in [0.25, 0.3) is 0 Å². The van der Waals surface area contributed by atoms with Gasteiger partial charge in [-0.15, -0.1) is 0 Å². The third-order valence-corrected chi connectivity index (χ3v) is 6.40. The molecule has 0 amide bonds. The smallest absolute Gasteiger partial charge is 0.169 e. The number of hydrogen-bond acceptors (Lipinski definition) is 6. The average Bonchev–Trinajstić information content (AvgIpc) is 2.90. The number of allylic oxidation sites excluding steroid dienone is 2. The monoisotopic (exact) mass is 478 g/mol. The molecule has 186 valence electrons. The Morgan fingerprint density at radius 3 is 1.71 bits per heavy atom. The lowest BCUT2D eigenvalue weighted by atomic mass is 9.68. The maximum absolute atomic E-state index is 13.4. The molecule has 0 unspecified atom stereocenters. The van der Waals surface area contributed by atoms with Gasteiger partial charge < -0.3 is 18.9 Å². The van der Waals surface area contributed by atoms with Crippen LogP contribution in [0.4, 0.5) is 0 Å². The van der Waals surface area contributed by atoms with Crippen molar-refractivity contribution in [3.8, 4) is 23.0 Å². The third-order valence-electron chi connectivity index (χ3n) is 6.40. The molecule has 0 aromatic heterocycles. The minimum atomic E-state index is -1.03. The summed E-state index contributed by atoms with van der Waals surface area (Å²) >= 11 is 0. The Hall–Kier alpha value is -3.54. The molecule has 0 spiro atoms. The normalized spacial score (nSPS) is 15.2. The van der Waals surface area contributed by atoms with Gasteiger partial charge in [-0.2, -0.15) is 0 Å². The van der Waals surface area contributed by atoms with E-state index in [-0.39, 0.29) is 11.6 Å². The number of carbonyl (C=O) groups excluding carboxylic acids is 2. The van der Waals surface area contributed by atoms with Crippen molar-refractivity contribution < 1.29 is 28.5 Å². The van der Waals surface area contributed by atoms with E-state index < -0.39 is 5.41 Å². The second-order valence-electron chi connectivity index (χ2n) is 8.50. The number of ketones is 2. The summed E-state index contributed by atoms with van der Waals surface area (Å²) in [7, 11) is 4.73. The van der Waals surface area contributed by atoms with E-state index in [9.17, 15) is 9.59 Å². The Balaban J connectivity index is 1.83. The molecular weight excluding hydrogens is 444 g/mol. The second kappa shape index (κ2) is 12.2. The SMILES string of the molecule is CCOc1cc(/C=C/C(=O)C2(C(=O)/C=C/c3ccc(OC)c(OC)c3)CCCCC2)ccc1OC. The van der Waals surface area contributed by atoms with Crippen LogP contribution in [0.1, 0.15) is 50.2 Å². The number of hydrogen-bond donors (Lipinski definition) is 0. The standard InChI is InChI=1S/C29H34O6/c1-5-35-26-20-22(10-14-24(26)33-3)12-16-28(31)29(17-7-6-8-18-29)27(30)15-11-21-9-13-23(32-2)25(19-21)34-4/h9-16,19-20H,5-8,17-18H2,1-4H3/b15-11+,16-12+. The first-order valence-corrected chi connectivity index (χ1v) is 11.9. The molecule has 3 rings (SSSR count). The van der Waals surface area contributed by atoms with Crippen LogP contribution in [0, 0.1) is 5.41 Å². The zero-order chi connectivity index (χ0) is 25.3. The van der Waals surface area contributed by atoms with Gasteiger partial charge in [0.1, 0.15) is 0 Å². The van der Waals surface area contributed by atoms with Crippen LogP contribution in [0.3, 0.4) is 0 Å². The summed E-state index contributed by atoms with van der Waals surface area (Å²) in [6.07, 6.45) is 10.4. The van der Waals surface area contributed by atoms with Gasteiger partial charge >= 0.3 is 0 Å². The van der Waals surface area contributed by atoms with Gasteiger partial charge in [-0.25, -0.2) is 0 Å². The van der Waals surface area contributed by atoms with Crippen LogP contribution >= 0.6 is 0 Å². The zero-order valence-corrected chi connectivity index (χ0v) is 21.0. The molecule has 0 aliphatic heterocycles. The molecule has 1 saturated carbocycles. The van der Waals surface area contributed by atoms with Crippen molar-refractivity contribution in [2.24, 2.45) is 5.41 Å². The summed E-state index contributed by atoms with van der Waals surface area (Å²) in [4.78, 5) is 26.8. The Kier molecular flexibility index (Phi) is 9.12. The fourth-order valence-electron chi connectivity index (χ4n) is 4.45. The summed E-state index contributed by atoms with van der Waals surface area (Å²) in [5.74, 6) is 2.13. The predicted octanol–water partition coefficient (Wildman–Crippen LogP) is 5.93. The number of methoxy groups -OCH3 is 3. The minimum Gasteiger partial charge on any atom is -0.493 e. The first-order valence-electron chi connectivity index (χ1n) is 11.9. The number of benzene rings is 2. The molecule has 0 bridgehead atoms. The highest BCUT2D eigenvalue weighted by Gasteiger charge is 2.43. The lowest BCUT2D eigenvalue weighted by Gasteiger charge is -2.32. The largest absolute Gasteiger partial charge is 0.493 e. The number of ether oxygens (including phenoxy) is 4. The topological polar surface area (TPSA) is 71.1 Å². The molecule has 6 nitrogen and oxygen atoms in total. The van der Waals surface area contributed by atoms with E-state index in [1.807, 2.05) is 31.2 Å². The van der Waals surface area contributed by atoms with Crippen LogP contribution < -0.4 is 18.9 Å². The Morgan fingerprint density at radius 2 is 1.23 bits per heavy atom. The van der Waals surface area contributed by atoms with Gasteiger partial charge in [-0.05, 0) is 67.3 Å². The molecule has 2 aromatic carbocycles. The van der Waals surface area contributed by atoms with Crippen molar-refractivity contribution in [1.82, 2.24) is 0 Å². The van der Waals surface area contributed by atoms with Crippen molar-refractivity contribution in [3.63, 3.8) is 0 Å². The highest BCUT2D eigenvalue weighted by atomic mass is 16.5. The molecule has 0 radical (unpaired) electrons. The summed E-state index contributed by atoms with van der Waals surface area (Å²) in [5, 5.41) is 0. The van der Waals surface area contributed by atoms with Crippen LogP contribution in [0.25, 0.3) is 12.2 Å². The van der Waals surface area contributed by atoms with E-state index in [1.54, 1.807) is 45.6 Å². The van der Waals surface area contributed by atoms with Crippen LogP contribution in [-0.2, 0) is 9.59 Å². The van der Waals surface area contributed by atoms with Crippen molar-refractivity contribution in [3.05, 3.63) is 59.7 Å². The second-order valence-corrected chi connectivity index (χ2v) is 8.50. The lowest BCUT2D eigenvalue weighted by Crippen LogP contribution is -2.39. The Bertz CT molecular complexity index is 1090. The third kappa shape index (κ3) is 6.13. The molecule has 1 aliphatic carbocycles. The maximum atomic E-state index is 13.4. The first-order chi connectivity index (χ1) is 17.0. The Morgan fingerprint density at radius 1 is 0.743 bits per heavy atom. The molecule has 35 heavy (non-hydrogen) atoms. The van der Waals surface area contributed by atoms with Crippen LogP contribution in [0.2, 0.25) is 0 Å². The van der Waals surface area contributed by atoms with Gasteiger partial charge in [-0.3, -0.25) is 9.59 Å². The number of carbonyl (C=O) groups is 2. The number of rotatable bonds is 11. The molecular formula is C29H34O6. The fourth-order valence-corrected chi connectivity index (χ4v) is 4.45. The van der Waals surface area contributed by atoms with Crippen molar-refractivity contribution in [1.29, 1.82) is 0 Å². The minimum absolute atomic E-state index is 0.159. The quantitative estimate of drug-likeness (QED) is 0.295. The molecule has 2 aromatic rings. The van der Waals surface area contributed by atoms with Gasteiger partial charge in [0, 0.05) is 0 Å². The van der Waals surface area contributed by atoms with Crippen LogP contribution in [0.5, 0.6) is 23.0 Å². The predicted molar refractivity (Wildman–Crippen MR) is 137 cm³/mol. The van der Waals surface area contributed by atoms with Gasteiger partial charge in [-0.1, -0.05) is 43.5 Å². The summed E-state index contributed by atoms with van der Waals surface area (Å²) in [6, 6.07) is 10.9. The maximum Gasteiger partial charge on any atom is 0.169 e. The first kappa shape index (κ1) is 26.1. The van der Waals surface area contributed by atoms with Gasteiger partial charge in [0.2, 0.25) is 0 Å². The summed E-state index contributed by atoms with van der Waals surface area (Å²) < 4.78 is 21.6. The van der Waals surface area contributed by atoms with E-state index in [0.717, 1.165) is 30.4 Å². The van der Waals surface area contributed by atoms with Crippen molar-refractivity contribution in [2.75, 3.05) is 27.9 Å². The van der Waals surface area contributed by atoms with E-state index in [0.29, 0.717) is 42.4 Å². The Labute approximate surface area is 207 Å². The molecule has 1 aliphatic rings. The van der Waals surface area contributed by atoms with Gasteiger partial charge in [0.05, 0.1) is 33.4 Å². The summed E-state index contributed by atoms with van der Waals surface area (Å²) in [6.45, 7) is 2.41. The molecule has 0 N–H and O–H groups in total. The van der Waals surface area contributed by atoms with Gasteiger partial charge in [0.15, 0.2) is 34.6 Å². The average molecular weight is 479 g/mol.